The first-order chi connectivity index (χ1) is 9.01. The van der Waals surface area contributed by atoms with E-state index in [1.807, 2.05) is 6.07 Å². The van der Waals surface area contributed by atoms with Crippen molar-refractivity contribution in [3.8, 4) is 0 Å². The van der Waals surface area contributed by atoms with Crippen LogP contribution in [0.4, 0.5) is 8.78 Å². The molecule has 2 aromatic carbocycles. The fourth-order valence-corrected chi connectivity index (χ4v) is 2.84. The topological polar surface area (TPSA) is 12.0 Å². The second-order valence-corrected chi connectivity index (χ2v) is 5.87. The van der Waals surface area contributed by atoms with Gasteiger partial charge in [-0.1, -0.05) is 22.0 Å². The molecule has 1 N–H and O–H groups in total. The number of halogens is 4. The Kier molecular flexibility index (Phi) is 4.71. The molecular weight excluding hydrogens is 380 g/mol. The monoisotopic (exact) mass is 389 g/mol. The van der Waals surface area contributed by atoms with Crippen LogP contribution in [-0.4, -0.2) is 7.05 Å². The zero-order valence-corrected chi connectivity index (χ0v) is 13.2. The molecule has 1 unspecified atom stereocenters. The summed E-state index contributed by atoms with van der Waals surface area (Å²) in [7, 11) is 1.78. The molecule has 0 radical (unpaired) electrons. The highest BCUT2D eigenvalue weighted by Crippen LogP contribution is 2.28. The minimum atomic E-state index is -0.320. The maximum absolute atomic E-state index is 13.5. The minimum absolute atomic E-state index is 0.205. The van der Waals surface area contributed by atoms with E-state index in [1.54, 1.807) is 19.2 Å². The van der Waals surface area contributed by atoms with E-state index in [4.69, 9.17) is 0 Å². The zero-order valence-electron chi connectivity index (χ0n) is 10.1. The summed E-state index contributed by atoms with van der Waals surface area (Å²) in [5.41, 5.74) is 1.63. The molecule has 0 spiro atoms. The molecule has 0 saturated carbocycles. The molecule has 0 aliphatic rings. The predicted molar refractivity (Wildman–Crippen MR) is 79.1 cm³/mol. The Labute approximate surface area is 127 Å². The van der Waals surface area contributed by atoms with Crippen molar-refractivity contribution in [1.29, 1.82) is 0 Å². The lowest BCUT2D eigenvalue weighted by Gasteiger charge is -2.18. The van der Waals surface area contributed by atoms with E-state index < -0.39 is 0 Å². The average Bonchev–Trinajstić information content (AvgIpc) is 2.33. The molecule has 2 aromatic rings. The van der Waals surface area contributed by atoms with Crippen LogP contribution < -0.4 is 5.32 Å². The van der Waals surface area contributed by atoms with Gasteiger partial charge in [0.1, 0.15) is 11.6 Å². The van der Waals surface area contributed by atoms with Crippen LogP contribution in [0, 0.1) is 11.6 Å². The van der Waals surface area contributed by atoms with Crippen LogP contribution in [0.5, 0.6) is 0 Å². The number of rotatable bonds is 3. The van der Waals surface area contributed by atoms with Gasteiger partial charge >= 0.3 is 0 Å². The molecule has 5 heteroatoms. The summed E-state index contributed by atoms with van der Waals surface area (Å²) in [5.74, 6) is -0.634. The predicted octanol–water partition coefficient (Wildman–Crippen LogP) is 4.80. The molecular formula is C14H11Br2F2N. The maximum Gasteiger partial charge on any atom is 0.137 e. The second kappa shape index (κ2) is 6.11. The molecule has 100 valence electrons. The van der Waals surface area contributed by atoms with Crippen molar-refractivity contribution in [3.63, 3.8) is 0 Å². The molecule has 0 aromatic heterocycles. The Morgan fingerprint density at radius 1 is 1.00 bits per heavy atom. The third-order valence-corrected chi connectivity index (χ3v) is 3.85. The van der Waals surface area contributed by atoms with Crippen molar-refractivity contribution >= 4 is 31.9 Å². The van der Waals surface area contributed by atoms with Crippen LogP contribution in [0.3, 0.4) is 0 Å². The Morgan fingerprint density at radius 3 is 2.32 bits per heavy atom. The molecule has 0 aliphatic carbocycles. The Balaban J connectivity index is 2.46. The van der Waals surface area contributed by atoms with E-state index in [2.05, 4.69) is 37.2 Å². The normalized spacial score (nSPS) is 12.5. The van der Waals surface area contributed by atoms with Gasteiger partial charge in [-0.15, -0.1) is 0 Å². The van der Waals surface area contributed by atoms with Gasteiger partial charge in [-0.05, 0) is 64.4 Å². The molecule has 2 rings (SSSR count). The minimum Gasteiger partial charge on any atom is -0.309 e. The summed E-state index contributed by atoms with van der Waals surface area (Å²) >= 11 is 6.43. The summed E-state index contributed by atoms with van der Waals surface area (Å²) in [6.45, 7) is 0. The molecule has 0 aliphatic heterocycles. The first kappa shape index (κ1) is 14.6. The van der Waals surface area contributed by atoms with Crippen LogP contribution >= 0.6 is 31.9 Å². The van der Waals surface area contributed by atoms with Gasteiger partial charge < -0.3 is 5.32 Å². The third kappa shape index (κ3) is 3.41. The number of hydrogen-bond acceptors (Lipinski definition) is 1. The van der Waals surface area contributed by atoms with E-state index in [9.17, 15) is 8.78 Å². The fraction of sp³-hybridized carbons (Fsp3) is 0.143. The SMILES string of the molecule is CNC(c1cc(F)cc(Br)c1)c1ccc(F)c(Br)c1. The Hall–Kier alpha value is -0.780. The highest BCUT2D eigenvalue weighted by atomic mass is 79.9. The summed E-state index contributed by atoms with van der Waals surface area (Å²) < 4.78 is 27.8. The van der Waals surface area contributed by atoms with Crippen molar-refractivity contribution < 1.29 is 8.78 Å². The summed E-state index contributed by atoms with van der Waals surface area (Å²) in [6.07, 6.45) is 0. The lowest BCUT2D eigenvalue weighted by atomic mass is 9.99. The second-order valence-electron chi connectivity index (χ2n) is 4.10. The third-order valence-electron chi connectivity index (χ3n) is 2.78. The Bertz CT molecular complexity index is 582. The van der Waals surface area contributed by atoms with E-state index >= 15 is 0 Å². The van der Waals surface area contributed by atoms with Gasteiger partial charge in [-0.3, -0.25) is 0 Å². The zero-order chi connectivity index (χ0) is 14.0. The first-order valence-electron chi connectivity index (χ1n) is 5.59. The van der Waals surface area contributed by atoms with E-state index in [1.165, 1.54) is 18.2 Å². The number of nitrogens with one attached hydrogen (secondary N) is 1. The van der Waals surface area contributed by atoms with Crippen LogP contribution in [-0.2, 0) is 0 Å². The van der Waals surface area contributed by atoms with Gasteiger partial charge in [0, 0.05) is 4.47 Å². The van der Waals surface area contributed by atoms with Crippen molar-refractivity contribution in [2.75, 3.05) is 7.05 Å². The van der Waals surface area contributed by atoms with Crippen molar-refractivity contribution in [2.24, 2.45) is 0 Å². The molecule has 0 saturated heterocycles. The van der Waals surface area contributed by atoms with Crippen molar-refractivity contribution in [2.45, 2.75) is 6.04 Å². The smallest absolute Gasteiger partial charge is 0.137 e. The van der Waals surface area contributed by atoms with Crippen LogP contribution in [0.15, 0.2) is 45.3 Å². The van der Waals surface area contributed by atoms with Crippen LogP contribution in [0.2, 0.25) is 0 Å². The molecule has 0 amide bonds. The molecule has 0 bridgehead atoms. The highest BCUT2D eigenvalue weighted by molar-refractivity contribution is 9.10. The average molecular weight is 391 g/mol. The van der Waals surface area contributed by atoms with E-state index in [0.717, 1.165) is 11.1 Å². The number of benzene rings is 2. The van der Waals surface area contributed by atoms with Crippen LogP contribution in [0.1, 0.15) is 17.2 Å². The van der Waals surface area contributed by atoms with E-state index in [-0.39, 0.29) is 17.7 Å². The lowest BCUT2D eigenvalue weighted by molar-refractivity contribution is 0.609. The number of hydrogen-bond donors (Lipinski definition) is 1. The summed E-state index contributed by atoms with van der Waals surface area (Å²) in [4.78, 5) is 0. The molecule has 1 nitrogen and oxygen atoms in total. The summed E-state index contributed by atoms with van der Waals surface area (Å²) in [6, 6.07) is 9.25. The van der Waals surface area contributed by atoms with Crippen molar-refractivity contribution in [1.82, 2.24) is 5.32 Å². The molecule has 1 atom stereocenters. The molecule has 0 heterocycles. The largest absolute Gasteiger partial charge is 0.309 e. The van der Waals surface area contributed by atoms with Gasteiger partial charge in [-0.25, -0.2) is 8.78 Å². The van der Waals surface area contributed by atoms with Gasteiger partial charge in [-0.2, -0.15) is 0 Å². The highest BCUT2D eigenvalue weighted by Gasteiger charge is 2.15. The standard InChI is InChI=1S/C14H11Br2F2N/c1-19-14(8-2-3-13(18)12(16)6-8)9-4-10(15)7-11(17)5-9/h2-7,14,19H,1H3. The fourth-order valence-electron chi connectivity index (χ4n) is 1.96. The van der Waals surface area contributed by atoms with Gasteiger partial charge in [0.05, 0.1) is 10.5 Å². The first-order valence-corrected chi connectivity index (χ1v) is 7.18. The van der Waals surface area contributed by atoms with Crippen molar-refractivity contribution in [3.05, 3.63) is 68.1 Å². The molecule has 19 heavy (non-hydrogen) atoms. The summed E-state index contributed by atoms with van der Waals surface area (Å²) in [5, 5.41) is 3.10. The maximum atomic E-state index is 13.5. The van der Waals surface area contributed by atoms with Gasteiger partial charge in [0.25, 0.3) is 0 Å². The van der Waals surface area contributed by atoms with Crippen LogP contribution in [0.25, 0.3) is 0 Å². The molecule has 0 fully saturated rings. The van der Waals surface area contributed by atoms with Gasteiger partial charge in [0.15, 0.2) is 0 Å². The van der Waals surface area contributed by atoms with E-state index in [0.29, 0.717) is 8.95 Å². The quantitative estimate of drug-likeness (QED) is 0.793. The lowest BCUT2D eigenvalue weighted by Crippen LogP contribution is -2.18. The van der Waals surface area contributed by atoms with Gasteiger partial charge in [0.2, 0.25) is 0 Å². The Morgan fingerprint density at radius 2 is 1.74 bits per heavy atom.